The van der Waals surface area contributed by atoms with Crippen molar-refractivity contribution in [1.29, 1.82) is 0 Å². The van der Waals surface area contributed by atoms with E-state index in [2.05, 4.69) is 67.3 Å². The van der Waals surface area contributed by atoms with E-state index in [1.807, 2.05) is 12.1 Å². The van der Waals surface area contributed by atoms with Gasteiger partial charge in [0.1, 0.15) is 0 Å². The number of Topliss-reactive ketones (excluding diaryl/α,β-unsaturated/α-hetero) is 1. The lowest BCUT2D eigenvalue weighted by atomic mass is 9.65. The Morgan fingerprint density at radius 2 is 1.61 bits per heavy atom. The molecule has 1 fully saturated rings. The lowest BCUT2D eigenvalue weighted by molar-refractivity contribution is -0.118. The normalized spacial score (nSPS) is 28.1. The summed E-state index contributed by atoms with van der Waals surface area (Å²) < 4.78 is 11.1. The number of benzene rings is 2. The Hall–Kier alpha value is -2.83. The fourth-order valence-electron chi connectivity index (χ4n) is 5.80. The van der Waals surface area contributed by atoms with Crippen molar-refractivity contribution in [3.8, 4) is 11.5 Å². The van der Waals surface area contributed by atoms with Crippen LogP contribution in [0.1, 0.15) is 55.3 Å². The van der Waals surface area contributed by atoms with E-state index in [-0.39, 0.29) is 35.2 Å². The van der Waals surface area contributed by atoms with Gasteiger partial charge in [0.15, 0.2) is 17.3 Å². The molecule has 2 aromatic rings. The fourth-order valence-corrected chi connectivity index (χ4v) is 5.80. The fraction of sp³-hybridized carbons (Fsp3) is 0.444. The van der Waals surface area contributed by atoms with Gasteiger partial charge in [0, 0.05) is 29.5 Å². The van der Waals surface area contributed by atoms with Crippen molar-refractivity contribution < 1.29 is 14.3 Å². The number of fused-ring (bicyclic) bond motifs is 1. The number of hydrogen-bond donors (Lipinski definition) is 3. The molecule has 1 aliphatic carbocycles. The molecular formula is C27H33N3O3. The van der Waals surface area contributed by atoms with Crippen LogP contribution in [0, 0.1) is 18.3 Å². The smallest absolute Gasteiger partial charge is 0.161 e. The lowest BCUT2D eigenvalue weighted by Crippen LogP contribution is -2.51. The molecule has 2 aliphatic heterocycles. The van der Waals surface area contributed by atoms with Crippen LogP contribution >= 0.6 is 0 Å². The number of ether oxygens (including phenoxy) is 2. The zero-order chi connectivity index (χ0) is 23.3. The highest BCUT2D eigenvalue weighted by molar-refractivity contribution is 5.99. The van der Waals surface area contributed by atoms with Gasteiger partial charge in [-0.2, -0.15) is 0 Å². The standard InChI is InChI=1S/C27H33N3O3/c1-15-6-8-16(9-7-15)25-24-22(17-10-11-20(32-4)21(12-17)33-5)23-18(28-26(24)30-29-25)13-27(2,3)14-19(23)31/h6-12,22,24-26,28-30H,13-14H2,1-5H3. The average Bonchev–Trinajstić information content (AvgIpc) is 3.20. The van der Waals surface area contributed by atoms with Crippen molar-refractivity contribution in [3.63, 3.8) is 0 Å². The number of methoxy groups -OCH3 is 2. The number of nitrogens with one attached hydrogen (secondary N) is 3. The summed E-state index contributed by atoms with van der Waals surface area (Å²) in [4.78, 5) is 13.6. The number of rotatable bonds is 4. The van der Waals surface area contributed by atoms with E-state index in [0.29, 0.717) is 17.9 Å². The molecule has 0 saturated carbocycles. The molecule has 3 N–H and O–H groups in total. The van der Waals surface area contributed by atoms with Crippen LogP contribution in [0.4, 0.5) is 0 Å². The zero-order valence-electron chi connectivity index (χ0n) is 20.0. The van der Waals surface area contributed by atoms with Crippen LogP contribution in [-0.4, -0.2) is 26.2 Å². The molecule has 33 heavy (non-hydrogen) atoms. The van der Waals surface area contributed by atoms with Crippen molar-refractivity contribution in [1.82, 2.24) is 16.2 Å². The third-order valence-corrected chi connectivity index (χ3v) is 7.31. The monoisotopic (exact) mass is 447 g/mol. The number of carbonyl (C=O) groups excluding carboxylic acids is 1. The Kier molecular flexibility index (Phi) is 5.46. The van der Waals surface area contributed by atoms with Gasteiger partial charge in [0.2, 0.25) is 0 Å². The first-order valence-electron chi connectivity index (χ1n) is 11.6. The van der Waals surface area contributed by atoms with E-state index < -0.39 is 0 Å². The summed E-state index contributed by atoms with van der Waals surface area (Å²) in [6, 6.07) is 14.8. The van der Waals surface area contributed by atoms with Crippen LogP contribution in [0.2, 0.25) is 0 Å². The Labute approximate surface area is 195 Å². The molecule has 0 bridgehead atoms. The highest BCUT2D eigenvalue weighted by Gasteiger charge is 2.51. The van der Waals surface area contributed by atoms with Crippen molar-refractivity contribution in [2.45, 2.75) is 51.7 Å². The first-order chi connectivity index (χ1) is 15.8. The topological polar surface area (TPSA) is 71.6 Å². The SMILES string of the molecule is COc1ccc(C2C3=C(CC(C)(C)CC3=O)NC3NNC(c4ccc(C)cc4)C32)cc1OC. The number of hydrazine groups is 1. The maximum absolute atomic E-state index is 13.6. The number of ketones is 1. The van der Waals surface area contributed by atoms with E-state index in [4.69, 9.17) is 9.47 Å². The minimum Gasteiger partial charge on any atom is -0.493 e. The summed E-state index contributed by atoms with van der Waals surface area (Å²) in [5.41, 5.74) is 12.5. The van der Waals surface area contributed by atoms with Gasteiger partial charge >= 0.3 is 0 Å². The molecule has 6 nitrogen and oxygen atoms in total. The minimum absolute atomic E-state index is 0.00912. The summed E-state index contributed by atoms with van der Waals surface area (Å²) in [7, 11) is 3.29. The average molecular weight is 448 g/mol. The van der Waals surface area contributed by atoms with Crippen LogP contribution in [-0.2, 0) is 4.79 Å². The summed E-state index contributed by atoms with van der Waals surface area (Å²) in [5.74, 6) is 1.65. The molecule has 4 atom stereocenters. The summed E-state index contributed by atoms with van der Waals surface area (Å²) in [6.45, 7) is 6.44. The second-order valence-electron chi connectivity index (χ2n) is 10.3. The van der Waals surface area contributed by atoms with Gasteiger partial charge in [-0.3, -0.25) is 4.79 Å². The van der Waals surface area contributed by atoms with Gasteiger partial charge in [0.05, 0.1) is 26.4 Å². The maximum Gasteiger partial charge on any atom is 0.161 e. The van der Waals surface area contributed by atoms with Crippen LogP contribution in [0.15, 0.2) is 53.7 Å². The lowest BCUT2D eigenvalue weighted by Gasteiger charge is -2.44. The third-order valence-electron chi connectivity index (χ3n) is 7.31. The first kappa shape index (κ1) is 22.0. The van der Waals surface area contributed by atoms with Crippen LogP contribution < -0.4 is 25.6 Å². The molecule has 1 saturated heterocycles. The predicted octanol–water partition coefficient (Wildman–Crippen LogP) is 4.13. The minimum atomic E-state index is -0.0662. The molecule has 0 aromatic heterocycles. The molecule has 2 aromatic carbocycles. The van der Waals surface area contributed by atoms with Crippen molar-refractivity contribution >= 4 is 5.78 Å². The van der Waals surface area contributed by atoms with Gasteiger partial charge in [-0.25, -0.2) is 10.9 Å². The molecular weight excluding hydrogens is 414 g/mol. The van der Waals surface area contributed by atoms with Crippen molar-refractivity contribution in [3.05, 3.63) is 70.4 Å². The van der Waals surface area contributed by atoms with Gasteiger partial charge < -0.3 is 14.8 Å². The molecule has 0 spiro atoms. The number of hydrogen-bond acceptors (Lipinski definition) is 6. The quantitative estimate of drug-likeness (QED) is 0.655. The molecule has 6 heteroatoms. The van der Waals surface area contributed by atoms with Crippen LogP contribution in [0.25, 0.3) is 0 Å². The van der Waals surface area contributed by atoms with Crippen molar-refractivity contribution in [2.75, 3.05) is 14.2 Å². The number of aryl methyl sites for hydroxylation is 1. The Bertz CT molecular complexity index is 1110. The van der Waals surface area contributed by atoms with E-state index in [1.54, 1.807) is 14.2 Å². The second kappa shape index (κ2) is 8.19. The second-order valence-corrected chi connectivity index (χ2v) is 10.3. The molecule has 2 heterocycles. The largest absolute Gasteiger partial charge is 0.493 e. The highest BCUT2D eigenvalue weighted by atomic mass is 16.5. The van der Waals surface area contributed by atoms with Crippen LogP contribution in [0.5, 0.6) is 11.5 Å². The molecule has 0 amide bonds. The Morgan fingerprint density at radius 3 is 2.30 bits per heavy atom. The van der Waals surface area contributed by atoms with E-state index in [0.717, 1.165) is 23.3 Å². The summed E-state index contributed by atoms with van der Waals surface area (Å²) in [5, 5.41) is 3.69. The van der Waals surface area contributed by atoms with Crippen LogP contribution in [0.3, 0.4) is 0 Å². The number of allylic oxidation sites excluding steroid dienone is 2. The molecule has 174 valence electrons. The van der Waals surface area contributed by atoms with Gasteiger partial charge in [-0.1, -0.05) is 49.7 Å². The molecule has 0 radical (unpaired) electrons. The Balaban J connectivity index is 1.66. The molecule has 4 unspecified atom stereocenters. The van der Waals surface area contributed by atoms with E-state index in [1.165, 1.54) is 11.1 Å². The number of carbonyl (C=O) groups is 1. The summed E-state index contributed by atoms with van der Waals surface area (Å²) >= 11 is 0. The molecule has 5 rings (SSSR count). The van der Waals surface area contributed by atoms with E-state index in [9.17, 15) is 4.79 Å². The summed E-state index contributed by atoms with van der Waals surface area (Å²) in [6.07, 6.45) is 1.43. The van der Waals surface area contributed by atoms with Gasteiger partial charge in [-0.05, 0) is 42.0 Å². The predicted molar refractivity (Wildman–Crippen MR) is 128 cm³/mol. The zero-order valence-corrected chi connectivity index (χ0v) is 20.0. The van der Waals surface area contributed by atoms with E-state index >= 15 is 0 Å². The van der Waals surface area contributed by atoms with Gasteiger partial charge in [-0.15, -0.1) is 0 Å². The Morgan fingerprint density at radius 1 is 0.909 bits per heavy atom. The maximum atomic E-state index is 13.6. The highest BCUT2D eigenvalue weighted by Crippen LogP contribution is 2.51. The first-order valence-corrected chi connectivity index (χ1v) is 11.6. The third kappa shape index (κ3) is 3.81. The van der Waals surface area contributed by atoms with Crippen molar-refractivity contribution in [2.24, 2.45) is 11.3 Å². The molecule has 3 aliphatic rings. The van der Waals surface area contributed by atoms with Gasteiger partial charge in [0.25, 0.3) is 0 Å².